The van der Waals surface area contributed by atoms with Crippen molar-refractivity contribution in [2.45, 2.75) is 37.6 Å². The average Bonchev–Trinajstić information content (AvgIpc) is 3.57. The van der Waals surface area contributed by atoms with Gasteiger partial charge < -0.3 is 20.2 Å². The number of carboxylic acid groups (broad SMARTS) is 1. The van der Waals surface area contributed by atoms with Gasteiger partial charge in [-0.1, -0.05) is 0 Å². The topological polar surface area (TPSA) is 55.8 Å². The third-order valence-corrected chi connectivity index (χ3v) is 6.40. The van der Waals surface area contributed by atoms with E-state index in [1.165, 1.54) is 24.4 Å². The quantitative estimate of drug-likeness (QED) is 0.723. The first-order valence-corrected chi connectivity index (χ1v) is 10.8. The molecule has 1 saturated carbocycles. The lowest BCUT2D eigenvalue weighted by Gasteiger charge is -2.38. The number of hydrogen-bond donors (Lipinski definition) is 2. The van der Waals surface area contributed by atoms with E-state index >= 15 is 4.39 Å². The van der Waals surface area contributed by atoms with Crippen LogP contribution in [0.5, 0.6) is 0 Å². The van der Waals surface area contributed by atoms with Crippen LogP contribution in [0.4, 0.5) is 30.2 Å². The van der Waals surface area contributed by atoms with Crippen molar-refractivity contribution in [1.82, 2.24) is 5.32 Å². The van der Waals surface area contributed by atoms with E-state index in [0.717, 1.165) is 25.0 Å². The highest BCUT2D eigenvalue weighted by Gasteiger charge is 2.40. The number of nitrogens with zero attached hydrogens (tertiary/aromatic N) is 2. The van der Waals surface area contributed by atoms with Crippen LogP contribution < -0.4 is 15.1 Å². The van der Waals surface area contributed by atoms with Gasteiger partial charge in [-0.25, -0.2) is 13.2 Å². The van der Waals surface area contributed by atoms with E-state index in [1.54, 1.807) is 4.90 Å². The standard InChI is InChI=1S/C24H24F3N3O2/c1-13-12-29(9-7-28-13)23-19(27)11-17-16(24(31)32)6-8-30(22(17)21(23)14-2-3-14)20-5-4-15(25)10-18(20)26/h4-6,8,10-11,13-14,16,28H,2-3,7,9,12H2,1H3,(H,31,32). The van der Waals surface area contributed by atoms with Crippen LogP contribution >= 0.6 is 0 Å². The summed E-state index contributed by atoms with van der Waals surface area (Å²) in [7, 11) is 0. The van der Waals surface area contributed by atoms with Gasteiger partial charge in [0, 0.05) is 43.5 Å². The number of fused-ring (bicyclic) bond motifs is 1. The monoisotopic (exact) mass is 443 g/mol. The normalized spacial score (nSPS) is 22.8. The molecule has 0 spiro atoms. The first-order chi connectivity index (χ1) is 15.3. The van der Waals surface area contributed by atoms with Crippen LogP contribution in [0.2, 0.25) is 0 Å². The van der Waals surface area contributed by atoms with Crippen molar-refractivity contribution in [2.75, 3.05) is 29.4 Å². The van der Waals surface area contributed by atoms with Gasteiger partial charge in [0.25, 0.3) is 0 Å². The van der Waals surface area contributed by atoms with Gasteiger partial charge in [-0.2, -0.15) is 0 Å². The van der Waals surface area contributed by atoms with E-state index in [4.69, 9.17) is 0 Å². The molecule has 8 heteroatoms. The molecule has 1 saturated heterocycles. The van der Waals surface area contributed by atoms with Gasteiger partial charge >= 0.3 is 5.97 Å². The number of piperazine rings is 1. The van der Waals surface area contributed by atoms with Crippen LogP contribution in [0.25, 0.3) is 0 Å². The zero-order chi connectivity index (χ0) is 22.6. The minimum atomic E-state index is -1.11. The highest BCUT2D eigenvalue weighted by atomic mass is 19.1. The Morgan fingerprint density at radius 2 is 1.91 bits per heavy atom. The van der Waals surface area contributed by atoms with E-state index in [-0.39, 0.29) is 23.2 Å². The number of halogens is 3. The fraction of sp³-hybridized carbons (Fsp3) is 0.375. The third-order valence-electron chi connectivity index (χ3n) is 6.40. The molecule has 3 aliphatic rings. The second-order valence-corrected chi connectivity index (χ2v) is 8.76. The zero-order valence-electron chi connectivity index (χ0n) is 17.6. The smallest absolute Gasteiger partial charge is 0.315 e. The molecule has 0 amide bonds. The predicted octanol–water partition coefficient (Wildman–Crippen LogP) is 4.61. The molecular formula is C24H24F3N3O2. The Balaban J connectivity index is 1.75. The van der Waals surface area contributed by atoms with Crippen molar-refractivity contribution in [3.8, 4) is 0 Å². The fourth-order valence-electron chi connectivity index (χ4n) is 4.83. The summed E-state index contributed by atoms with van der Waals surface area (Å²) < 4.78 is 44.0. The first-order valence-electron chi connectivity index (χ1n) is 10.8. The van der Waals surface area contributed by atoms with Gasteiger partial charge in [0.15, 0.2) is 0 Å². The molecule has 2 heterocycles. The number of carboxylic acids is 1. The van der Waals surface area contributed by atoms with Gasteiger partial charge in [0.1, 0.15) is 23.4 Å². The second-order valence-electron chi connectivity index (χ2n) is 8.76. The maximum atomic E-state index is 15.6. The Hall–Kier alpha value is -3.00. The maximum Gasteiger partial charge on any atom is 0.315 e. The molecule has 168 valence electrons. The summed E-state index contributed by atoms with van der Waals surface area (Å²) in [5.41, 5.74) is 2.06. The molecule has 2 aromatic rings. The van der Waals surface area contributed by atoms with Gasteiger partial charge in [-0.05, 0) is 55.5 Å². The Labute approximate surface area is 184 Å². The van der Waals surface area contributed by atoms with Crippen LogP contribution in [0.3, 0.4) is 0 Å². The summed E-state index contributed by atoms with van der Waals surface area (Å²) in [6.45, 7) is 3.96. The molecule has 0 aromatic heterocycles. The van der Waals surface area contributed by atoms with Crippen LogP contribution in [-0.4, -0.2) is 36.8 Å². The van der Waals surface area contributed by atoms with E-state index in [9.17, 15) is 18.7 Å². The molecule has 2 N–H and O–H groups in total. The molecule has 2 aliphatic heterocycles. The molecule has 0 radical (unpaired) electrons. The summed E-state index contributed by atoms with van der Waals surface area (Å²) in [6.07, 6.45) is 4.62. The van der Waals surface area contributed by atoms with Crippen molar-refractivity contribution in [3.63, 3.8) is 0 Å². The lowest BCUT2D eigenvalue weighted by atomic mass is 9.88. The minimum absolute atomic E-state index is 0.0617. The number of carbonyl (C=O) groups is 1. The highest BCUT2D eigenvalue weighted by Crippen LogP contribution is 2.54. The lowest BCUT2D eigenvalue weighted by Crippen LogP contribution is -2.50. The lowest BCUT2D eigenvalue weighted by molar-refractivity contribution is -0.137. The zero-order valence-corrected chi connectivity index (χ0v) is 17.6. The number of nitrogens with one attached hydrogen (secondary N) is 1. The number of benzene rings is 2. The van der Waals surface area contributed by atoms with Crippen LogP contribution in [0.1, 0.15) is 42.7 Å². The van der Waals surface area contributed by atoms with Gasteiger partial charge in [-0.15, -0.1) is 0 Å². The van der Waals surface area contributed by atoms with E-state index in [1.807, 2.05) is 11.8 Å². The van der Waals surface area contributed by atoms with Crippen molar-refractivity contribution in [2.24, 2.45) is 0 Å². The second kappa shape index (κ2) is 7.85. The molecule has 32 heavy (non-hydrogen) atoms. The van der Waals surface area contributed by atoms with Gasteiger partial charge in [0.05, 0.1) is 17.1 Å². The SMILES string of the molecule is CC1CN(c2c(F)cc3c(c2C2CC2)N(c2ccc(F)cc2F)C=CC3C(=O)O)CCN1. The molecule has 0 bridgehead atoms. The first kappa shape index (κ1) is 20.9. The summed E-state index contributed by atoms with van der Waals surface area (Å²) in [5.74, 6) is -4.02. The summed E-state index contributed by atoms with van der Waals surface area (Å²) in [5, 5.41) is 13.1. The number of anilines is 3. The van der Waals surface area contributed by atoms with Crippen molar-refractivity contribution in [1.29, 1.82) is 0 Å². The molecular weight excluding hydrogens is 419 g/mol. The van der Waals surface area contributed by atoms with E-state index in [2.05, 4.69) is 5.32 Å². The average molecular weight is 443 g/mol. The molecule has 5 nitrogen and oxygen atoms in total. The van der Waals surface area contributed by atoms with Crippen molar-refractivity contribution < 1.29 is 23.1 Å². The molecule has 1 aliphatic carbocycles. The fourth-order valence-corrected chi connectivity index (χ4v) is 4.83. The molecule has 2 unspecified atom stereocenters. The number of aliphatic carboxylic acids is 1. The molecule has 5 rings (SSSR count). The Bertz CT molecular complexity index is 1120. The predicted molar refractivity (Wildman–Crippen MR) is 116 cm³/mol. The summed E-state index contributed by atoms with van der Waals surface area (Å²) >= 11 is 0. The summed E-state index contributed by atoms with van der Waals surface area (Å²) in [4.78, 5) is 15.5. The van der Waals surface area contributed by atoms with E-state index in [0.29, 0.717) is 36.6 Å². The number of rotatable bonds is 4. The Kier molecular flexibility index (Phi) is 5.12. The highest BCUT2D eigenvalue weighted by molar-refractivity contribution is 5.89. The van der Waals surface area contributed by atoms with Crippen LogP contribution in [0, 0.1) is 17.5 Å². The number of hydrogen-bond acceptors (Lipinski definition) is 4. The Morgan fingerprint density at radius 1 is 1.12 bits per heavy atom. The maximum absolute atomic E-state index is 15.6. The Morgan fingerprint density at radius 3 is 2.56 bits per heavy atom. The molecule has 2 aromatic carbocycles. The molecule has 2 fully saturated rings. The van der Waals surface area contributed by atoms with Gasteiger partial charge in [0.2, 0.25) is 0 Å². The van der Waals surface area contributed by atoms with Crippen LogP contribution in [-0.2, 0) is 4.79 Å². The third kappa shape index (κ3) is 3.52. The molecule has 2 atom stereocenters. The van der Waals surface area contributed by atoms with Crippen molar-refractivity contribution in [3.05, 3.63) is 65.1 Å². The summed E-state index contributed by atoms with van der Waals surface area (Å²) in [6, 6.07) is 4.73. The van der Waals surface area contributed by atoms with Crippen LogP contribution in [0.15, 0.2) is 36.5 Å². The minimum Gasteiger partial charge on any atom is -0.481 e. The van der Waals surface area contributed by atoms with Gasteiger partial charge in [-0.3, -0.25) is 4.79 Å². The van der Waals surface area contributed by atoms with Crippen molar-refractivity contribution >= 4 is 23.0 Å². The van der Waals surface area contributed by atoms with E-state index < -0.39 is 29.3 Å². The largest absolute Gasteiger partial charge is 0.481 e.